The molecule has 9 nitrogen and oxygen atoms in total. The third-order valence-electron chi connectivity index (χ3n) is 6.52. The number of imidazole rings is 1. The summed E-state index contributed by atoms with van der Waals surface area (Å²) in [5.74, 6) is 2.12. The number of nitrogens with zero attached hydrogens (tertiary/aromatic N) is 7. The number of fused-ring (bicyclic) bond motifs is 2. The van der Waals surface area contributed by atoms with Crippen molar-refractivity contribution in [2.24, 2.45) is 18.9 Å². The van der Waals surface area contributed by atoms with Crippen molar-refractivity contribution in [3.8, 4) is 12.3 Å². The van der Waals surface area contributed by atoms with Crippen LogP contribution in [0.15, 0.2) is 34.1 Å². The summed E-state index contributed by atoms with van der Waals surface area (Å²) in [6.07, 6.45) is 8.11. The zero-order chi connectivity index (χ0) is 22.9. The summed E-state index contributed by atoms with van der Waals surface area (Å²) < 4.78 is 36.5. The fourth-order valence-corrected chi connectivity index (χ4v) is 4.80. The normalized spacial score (nSPS) is 21.4. The first-order valence-electron chi connectivity index (χ1n) is 10.3. The molecular formula is C22H17F2N7O2. The Hall–Kier alpha value is -4.07. The minimum Gasteiger partial charge on any atom is -0.371 e. The average Bonchev–Trinajstić information content (AvgIpc) is 3.20. The molecule has 0 spiro atoms. The number of anilines is 1. The number of aromatic nitrogens is 6. The smallest absolute Gasteiger partial charge is 0.280 e. The van der Waals surface area contributed by atoms with E-state index in [4.69, 9.17) is 10.9 Å². The Labute approximate surface area is 185 Å². The number of hydrogen-bond donors (Lipinski definition) is 0. The van der Waals surface area contributed by atoms with E-state index in [-0.39, 0.29) is 35.4 Å². The van der Waals surface area contributed by atoms with Crippen LogP contribution in [0, 0.1) is 35.8 Å². The molecule has 4 heterocycles. The van der Waals surface area contributed by atoms with Crippen LogP contribution in [0.3, 0.4) is 0 Å². The van der Waals surface area contributed by atoms with Gasteiger partial charge in [-0.3, -0.25) is 9.36 Å². The molecule has 33 heavy (non-hydrogen) atoms. The molecular weight excluding hydrogens is 432 g/mol. The molecule has 1 aliphatic heterocycles. The van der Waals surface area contributed by atoms with Crippen LogP contribution in [0.25, 0.3) is 11.2 Å². The fraction of sp³-hybridized carbons (Fsp3) is 0.318. The van der Waals surface area contributed by atoms with Gasteiger partial charge in [-0.1, -0.05) is 11.1 Å². The van der Waals surface area contributed by atoms with E-state index in [1.165, 1.54) is 29.4 Å². The van der Waals surface area contributed by atoms with E-state index in [0.717, 1.165) is 0 Å². The highest BCUT2D eigenvalue weighted by atomic mass is 19.1. The van der Waals surface area contributed by atoms with Crippen molar-refractivity contribution < 1.29 is 13.3 Å². The second-order valence-electron chi connectivity index (χ2n) is 8.44. The van der Waals surface area contributed by atoms with Crippen LogP contribution < -0.4 is 10.5 Å². The molecule has 1 saturated carbocycles. The van der Waals surface area contributed by atoms with Crippen LogP contribution in [-0.4, -0.2) is 42.3 Å². The molecule has 0 N–H and O–H groups in total. The van der Waals surface area contributed by atoms with Crippen LogP contribution in [0.5, 0.6) is 0 Å². The van der Waals surface area contributed by atoms with Crippen LogP contribution in [0.1, 0.15) is 23.2 Å². The van der Waals surface area contributed by atoms with E-state index in [2.05, 4.69) is 20.1 Å². The summed E-state index contributed by atoms with van der Waals surface area (Å²) in [6.45, 7) is 1.37. The van der Waals surface area contributed by atoms with Gasteiger partial charge in [0.05, 0.1) is 11.9 Å². The van der Waals surface area contributed by atoms with Gasteiger partial charge in [0.1, 0.15) is 24.5 Å². The van der Waals surface area contributed by atoms with Gasteiger partial charge in [-0.25, -0.2) is 18.7 Å². The minimum atomic E-state index is -0.735. The highest BCUT2D eigenvalue weighted by Gasteiger charge is 2.58. The molecule has 2 aliphatic rings. The van der Waals surface area contributed by atoms with Gasteiger partial charge in [0, 0.05) is 31.7 Å². The molecule has 1 aliphatic carbocycles. The van der Waals surface area contributed by atoms with E-state index < -0.39 is 11.6 Å². The van der Waals surface area contributed by atoms with Crippen molar-refractivity contribution in [1.29, 1.82) is 0 Å². The van der Waals surface area contributed by atoms with E-state index >= 15 is 0 Å². The maximum Gasteiger partial charge on any atom is 0.280 e. The van der Waals surface area contributed by atoms with Crippen LogP contribution in [0.2, 0.25) is 0 Å². The van der Waals surface area contributed by atoms with Gasteiger partial charge in [0.2, 0.25) is 5.89 Å². The molecule has 2 fully saturated rings. The summed E-state index contributed by atoms with van der Waals surface area (Å²) in [5, 5.41) is 4.10. The predicted octanol–water partition coefficient (Wildman–Crippen LogP) is 1.67. The van der Waals surface area contributed by atoms with Gasteiger partial charge in [-0.05, 0) is 24.0 Å². The number of terminal acetylenes is 1. The third-order valence-corrected chi connectivity index (χ3v) is 6.52. The van der Waals surface area contributed by atoms with E-state index in [9.17, 15) is 13.6 Å². The number of benzene rings is 1. The largest absolute Gasteiger partial charge is 0.371 e. The maximum atomic E-state index is 14.0. The molecule has 1 aromatic carbocycles. The van der Waals surface area contributed by atoms with Gasteiger partial charge in [-0.2, -0.15) is 4.98 Å². The van der Waals surface area contributed by atoms with Crippen molar-refractivity contribution >= 4 is 16.9 Å². The molecule has 0 bridgehead atoms. The van der Waals surface area contributed by atoms with Crippen LogP contribution >= 0.6 is 0 Å². The standard InChI is InChI=1S/C22H17F2N7O2/c1-3-12-15(23)4-11(5-16(12)24)30-6-13-14(7-30)18(13)20-27-17(33-28-20)8-31-10-26-21-19(22(31)32)29(2)9-25-21/h1,4-5,9-10,13-14,18H,6-8H2,2H3. The van der Waals surface area contributed by atoms with Crippen molar-refractivity contribution in [3.63, 3.8) is 0 Å². The van der Waals surface area contributed by atoms with Crippen LogP contribution in [-0.2, 0) is 13.6 Å². The Morgan fingerprint density at radius 1 is 1.18 bits per heavy atom. The van der Waals surface area contributed by atoms with E-state index in [1.807, 2.05) is 10.8 Å². The molecule has 166 valence electrons. The summed E-state index contributed by atoms with van der Waals surface area (Å²) >= 11 is 0. The van der Waals surface area contributed by atoms with Gasteiger partial charge in [0.15, 0.2) is 17.0 Å². The molecule has 6 rings (SSSR count). The third kappa shape index (κ3) is 3.01. The second kappa shape index (κ2) is 6.96. The lowest BCUT2D eigenvalue weighted by Crippen LogP contribution is -2.24. The zero-order valence-electron chi connectivity index (χ0n) is 17.4. The highest BCUT2D eigenvalue weighted by Crippen LogP contribution is 2.58. The quantitative estimate of drug-likeness (QED) is 0.438. The van der Waals surface area contributed by atoms with Crippen molar-refractivity contribution in [2.75, 3.05) is 18.0 Å². The van der Waals surface area contributed by atoms with Gasteiger partial charge in [-0.15, -0.1) is 6.42 Å². The summed E-state index contributed by atoms with van der Waals surface area (Å²) in [5.41, 5.74) is 0.665. The lowest BCUT2D eigenvalue weighted by molar-refractivity contribution is 0.363. The Morgan fingerprint density at radius 2 is 1.88 bits per heavy atom. The fourth-order valence-electron chi connectivity index (χ4n) is 4.80. The number of hydrogen-bond acceptors (Lipinski definition) is 7. The molecule has 1 saturated heterocycles. The number of halogens is 2. The molecule has 11 heteroatoms. The Kier molecular flexibility index (Phi) is 4.14. The lowest BCUT2D eigenvalue weighted by atomic mass is 10.1. The molecule has 3 aromatic heterocycles. The Morgan fingerprint density at radius 3 is 2.58 bits per heavy atom. The van der Waals surface area contributed by atoms with Crippen LogP contribution in [0.4, 0.5) is 14.5 Å². The van der Waals surface area contributed by atoms with Gasteiger partial charge in [0.25, 0.3) is 5.56 Å². The lowest BCUT2D eigenvalue weighted by Gasteiger charge is -2.22. The minimum absolute atomic E-state index is 0.105. The summed E-state index contributed by atoms with van der Waals surface area (Å²) in [4.78, 5) is 27.4. The maximum absolute atomic E-state index is 14.0. The summed E-state index contributed by atoms with van der Waals surface area (Å²) in [7, 11) is 1.73. The van der Waals surface area contributed by atoms with E-state index in [0.29, 0.717) is 41.7 Å². The first-order valence-corrected chi connectivity index (χ1v) is 10.3. The first-order chi connectivity index (χ1) is 15.9. The predicted molar refractivity (Wildman–Crippen MR) is 112 cm³/mol. The SMILES string of the molecule is C#Cc1c(F)cc(N2CC3C(C2)C3c2noc(Cn3cnc4ncn(C)c4c3=O)n2)cc1F. The zero-order valence-corrected chi connectivity index (χ0v) is 17.4. The number of rotatable bonds is 4. The monoisotopic (exact) mass is 449 g/mol. The first kappa shape index (κ1) is 19.6. The second-order valence-corrected chi connectivity index (χ2v) is 8.44. The van der Waals surface area contributed by atoms with E-state index in [1.54, 1.807) is 11.6 Å². The topological polar surface area (TPSA) is 94.9 Å². The molecule has 2 unspecified atom stereocenters. The van der Waals surface area contributed by atoms with Gasteiger partial charge >= 0.3 is 0 Å². The Bertz CT molecular complexity index is 1480. The molecule has 2 atom stereocenters. The Balaban J connectivity index is 1.16. The average molecular weight is 449 g/mol. The molecule has 0 radical (unpaired) electrons. The highest BCUT2D eigenvalue weighted by molar-refractivity contribution is 5.68. The van der Waals surface area contributed by atoms with Gasteiger partial charge < -0.3 is 14.0 Å². The molecule has 4 aromatic rings. The number of aryl methyl sites for hydroxylation is 1. The van der Waals surface area contributed by atoms with Crippen molar-refractivity contribution in [3.05, 3.63) is 64.1 Å². The summed E-state index contributed by atoms with van der Waals surface area (Å²) in [6, 6.07) is 2.55. The van der Waals surface area contributed by atoms with Crippen molar-refractivity contribution in [2.45, 2.75) is 12.5 Å². The molecule has 0 amide bonds. The number of piperidine rings is 1. The van der Waals surface area contributed by atoms with Crippen molar-refractivity contribution in [1.82, 2.24) is 29.2 Å².